The van der Waals surface area contributed by atoms with Crippen LogP contribution < -0.4 is 4.74 Å². The maximum absolute atomic E-state index is 13.5. The molecule has 0 fully saturated rings. The second kappa shape index (κ2) is 37.7. The van der Waals surface area contributed by atoms with Crippen LogP contribution in [0.2, 0.25) is 0 Å². The molecule has 0 saturated carbocycles. The summed E-state index contributed by atoms with van der Waals surface area (Å²) >= 11 is 0. The van der Waals surface area contributed by atoms with Crippen LogP contribution in [0.1, 0.15) is 52.8 Å². The van der Waals surface area contributed by atoms with Crippen LogP contribution in [0.5, 0.6) is 5.75 Å². The topological polar surface area (TPSA) is 83.5 Å². The fourth-order valence-corrected chi connectivity index (χ4v) is 10.5. The third-order valence-electron chi connectivity index (χ3n) is 14.7. The SMILES string of the molecule is C=CCc1cc(C)c(-n2ccnc2-c2[c-]cccc2)c(C)c1.C=CCc1ccc(-c2[c-]cc(F)cc2F)nc1.C=CCc1ccc2c(c1)C(C)(C)c1cc(-n3cccn3)[c-]cc1-2.C=COc1ccnc(-c2[c-]cc(F)cc2F)c1.Fc1c[c-]c(-c2ccccn2)c(F)c1.[Ir].[Ir].[Ir].[Ir]. The molecule has 0 spiro atoms. The van der Waals surface area contributed by atoms with Gasteiger partial charge in [0, 0.05) is 164 Å². The van der Waals surface area contributed by atoms with Crippen molar-refractivity contribution in [2.24, 2.45) is 0 Å². The molecule has 0 unspecified atom stereocenters. The molecule has 97 heavy (non-hydrogen) atoms. The van der Waals surface area contributed by atoms with Crippen molar-refractivity contribution in [2.75, 3.05) is 0 Å². The molecule has 4 radical (unpaired) electrons. The zero-order valence-electron chi connectivity index (χ0n) is 52.9. The first-order valence-corrected chi connectivity index (χ1v) is 29.3. The molecule has 5 aromatic heterocycles. The molecule has 0 N–H and O–H groups in total. The van der Waals surface area contributed by atoms with E-state index in [1.807, 2.05) is 71.8 Å². The van der Waals surface area contributed by atoms with Gasteiger partial charge in [-0.3, -0.25) is 36.0 Å². The van der Waals surface area contributed by atoms with Gasteiger partial charge in [-0.1, -0.05) is 134 Å². The van der Waals surface area contributed by atoms with Crippen molar-refractivity contribution in [3.63, 3.8) is 0 Å². The molecule has 7 aromatic carbocycles. The average Bonchev–Trinajstić information content (AvgIpc) is 1.58. The van der Waals surface area contributed by atoms with Crippen molar-refractivity contribution >= 4 is 0 Å². The molecule has 0 atom stereocenters. The molecule has 0 saturated heterocycles. The van der Waals surface area contributed by atoms with Crippen LogP contribution in [0.4, 0.5) is 26.3 Å². The Bertz CT molecular complexity index is 4550. The Morgan fingerprint density at radius 1 is 0.495 bits per heavy atom. The molecular weight excluding hydrogens is 1950 g/mol. The van der Waals surface area contributed by atoms with Gasteiger partial charge in [0.05, 0.1) is 12.1 Å². The molecule has 13 rings (SSSR count). The van der Waals surface area contributed by atoms with Gasteiger partial charge in [0.25, 0.3) is 0 Å². The largest absolute Gasteiger partial charge is 0.466 e. The van der Waals surface area contributed by atoms with Gasteiger partial charge in [-0.2, -0.15) is 17.2 Å². The van der Waals surface area contributed by atoms with Crippen molar-refractivity contribution in [3.8, 4) is 73.4 Å². The van der Waals surface area contributed by atoms with Crippen molar-refractivity contribution in [2.45, 2.75) is 52.4 Å². The summed E-state index contributed by atoms with van der Waals surface area (Å²) in [6.45, 7) is 23.6. The van der Waals surface area contributed by atoms with Crippen LogP contribution in [0.3, 0.4) is 0 Å². The minimum Gasteiger partial charge on any atom is -0.466 e. The predicted octanol–water partition coefficient (Wildman–Crippen LogP) is 19.1. The molecular formula is C79H62F6Ir4N7O-5. The van der Waals surface area contributed by atoms with E-state index in [9.17, 15) is 26.3 Å². The van der Waals surface area contributed by atoms with E-state index in [0.717, 1.165) is 71.9 Å². The first-order valence-electron chi connectivity index (χ1n) is 29.3. The Morgan fingerprint density at radius 3 is 1.62 bits per heavy atom. The number of allylic oxidation sites excluding steroid dienone is 3. The number of halogens is 6. The van der Waals surface area contributed by atoms with Crippen LogP contribution >= 0.6 is 0 Å². The Hall–Kier alpha value is -8.65. The number of pyridine rings is 3. The summed E-state index contributed by atoms with van der Waals surface area (Å²) in [7, 11) is 0. The maximum Gasteiger partial charge on any atom is 0.120 e. The molecule has 1 aliphatic carbocycles. The fraction of sp³-hybridized carbons (Fsp3) is 0.101. The standard InChI is InChI=1S/C21H19N2.C20H19N2.C14H10F2N.C13H8F2NO.C11H6F2N.4Ir/c1-4-6-15-7-9-17-18-10-8-16(23-12-5-11-22-23)14-20(18)21(2,3)19(17)13-15;1-4-8-17-13-15(2)19(16(3)14-17)22-12-11-21-20(22)18-9-6-5-7-10-18;1-2-3-10-4-7-14(17-9-10)12-6-5-11(15)8-13(12)16;1-2-17-10-5-6-16-13(8-10)11-4-3-9(14)7-12(11)15;12-8-4-5-9(10(13)7-8)11-3-1-2-6-14-11;;;;/h4-5,7,9-14H,1,6H2,2-3H3;4-7,9,11-14H,1,8H2,2-3H3;2,4-5,7-9H,1,3H2;2-3,5-8H,1H2;1-4,6-7H;;;;/q5*-1;;;;. The van der Waals surface area contributed by atoms with Crippen LogP contribution in [0.25, 0.3) is 67.7 Å². The van der Waals surface area contributed by atoms with Crippen LogP contribution in [0, 0.1) is 79.1 Å². The van der Waals surface area contributed by atoms with Crippen molar-refractivity contribution in [1.29, 1.82) is 0 Å². The normalized spacial score (nSPS) is 10.8. The number of fused-ring (bicyclic) bond motifs is 3. The fourth-order valence-electron chi connectivity index (χ4n) is 10.5. The van der Waals surface area contributed by atoms with Gasteiger partial charge < -0.3 is 24.3 Å². The zero-order chi connectivity index (χ0) is 66.0. The van der Waals surface area contributed by atoms with Gasteiger partial charge in [-0.15, -0.1) is 109 Å². The van der Waals surface area contributed by atoms with Gasteiger partial charge in [0.2, 0.25) is 0 Å². The van der Waals surface area contributed by atoms with E-state index >= 15 is 0 Å². The van der Waals surface area contributed by atoms with E-state index in [1.54, 1.807) is 55.0 Å². The van der Waals surface area contributed by atoms with Crippen LogP contribution in [-0.2, 0) is 105 Å². The molecule has 5 heterocycles. The first-order chi connectivity index (χ1) is 45.0. The number of ether oxygens (including phenoxy) is 1. The summed E-state index contributed by atoms with van der Waals surface area (Å²) in [5.74, 6) is -2.59. The van der Waals surface area contributed by atoms with Crippen molar-refractivity contribution in [1.82, 2.24) is 34.3 Å². The number of nitrogens with zero attached hydrogens (tertiary/aromatic N) is 7. The second-order valence-electron chi connectivity index (χ2n) is 21.6. The average molecular weight is 2010 g/mol. The van der Waals surface area contributed by atoms with E-state index in [4.69, 9.17) is 4.74 Å². The predicted molar refractivity (Wildman–Crippen MR) is 355 cm³/mol. The number of aromatic nitrogens is 7. The zero-order valence-corrected chi connectivity index (χ0v) is 62.5. The van der Waals surface area contributed by atoms with Gasteiger partial charge in [-0.05, 0) is 119 Å². The van der Waals surface area contributed by atoms with Crippen molar-refractivity contribution < 1.29 is 112 Å². The number of hydrogen-bond acceptors (Lipinski definition) is 6. The summed E-state index contributed by atoms with van der Waals surface area (Å²) in [5, 5.41) is 4.32. The van der Waals surface area contributed by atoms with Crippen LogP contribution in [-0.4, -0.2) is 34.3 Å². The van der Waals surface area contributed by atoms with Crippen molar-refractivity contribution in [3.05, 3.63) is 350 Å². The number of benzene rings is 7. The van der Waals surface area contributed by atoms with E-state index in [0.29, 0.717) is 29.3 Å². The van der Waals surface area contributed by atoms with E-state index in [-0.39, 0.29) is 103 Å². The second-order valence-corrected chi connectivity index (χ2v) is 21.6. The number of hydrogen-bond donors (Lipinski definition) is 0. The van der Waals surface area contributed by atoms with E-state index in [2.05, 4.69) is 156 Å². The molecule has 1 aliphatic rings. The molecule has 0 amide bonds. The van der Waals surface area contributed by atoms with Crippen LogP contribution in [0.15, 0.2) is 246 Å². The van der Waals surface area contributed by atoms with E-state index < -0.39 is 34.9 Å². The minimum absolute atomic E-state index is 0. The van der Waals surface area contributed by atoms with Gasteiger partial charge in [-0.25, -0.2) is 0 Å². The molecule has 502 valence electrons. The van der Waals surface area contributed by atoms with E-state index in [1.165, 1.54) is 68.7 Å². The third kappa shape index (κ3) is 20.2. The summed E-state index contributed by atoms with van der Waals surface area (Å²) in [4.78, 5) is 16.6. The van der Waals surface area contributed by atoms with Gasteiger partial charge in [0.1, 0.15) is 5.75 Å². The molecule has 8 nitrogen and oxygen atoms in total. The first kappa shape index (κ1) is 79.0. The summed E-state index contributed by atoms with van der Waals surface area (Å²) in [6.07, 6.45) is 21.7. The molecule has 18 heteroatoms. The Kier molecular flexibility index (Phi) is 30.8. The summed E-state index contributed by atoms with van der Waals surface area (Å²) in [5.41, 5.74) is 16.3. The summed E-state index contributed by atoms with van der Waals surface area (Å²) < 4.78 is 87.2. The molecule has 0 bridgehead atoms. The monoisotopic (exact) mass is 2010 g/mol. The Labute approximate surface area is 616 Å². The Balaban J connectivity index is 0.000000219. The van der Waals surface area contributed by atoms with Gasteiger partial charge >= 0.3 is 0 Å². The number of aryl methyl sites for hydroxylation is 2. The molecule has 12 aromatic rings. The quantitative estimate of drug-likeness (QED) is 0.0467. The minimum atomic E-state index is -0.715. The maximum atomic E-state index is 13.5. The third-order valence-corrected chi connectivity index (χ3v) is 14.7. The Morgan fingerprint density at radius 2 is 1.07 bits per heavy atom. The number of imidazole rings is 1. The van der Waals surface area contributed by atoms with Gasteiger partial charge in [0.15, 0.2) is 0 Å². The smallest absolute Gasteiger partial charge is 0.120 e. The number of rotatable bonds is 14. The summed E-state index contributed by atoms with van der Waals surface area (Å²) in [6, 6.07) is 57.0. The molecule has 0 aliphatic heterocycles.